The fourth-order valence-corrected chi connectivity index (χ4v) is 2.98. The Morgan fingerprint density at radius 3 is 2.60 bits per heavy atom. The number of rotatable bonds is 4. The van der Waals surface area contributed by atoms with Gasteiger partial charge in [-0.25, -0.2) is 0 Å². The van der Waals surface area contributed by atoms with Crippen molar-refractivity contribution in [3.63, 3.8) is 0 Å². The third kappa shape index (κ3) is 3.37. The molecule has 1 aliphatic heterocycles. The van der Waals surface area contributed by atoms with Crippen LogP contribution in [0.1, 0.15) is 31.7 Å². The van der Waals surface area contributed by atoms with Gasteiger partial charge in [0.15, 0.2) is 0 Å². The summed E-state index contributed by atoms with van der Waals surface area (Å²) in [4.78, 5) is 18.4. The van der Waals surface area contributed by atoms with E-state index in [-0.39, 0.29) is 5.91 Å². The van der Waals surface area contributed by atoms with Crippen LogP contribution in [0.4, 0.5) is 0 Å². The van der Waals surface area contributed by atoms with Crippen LogP contribution in [0, 0.1) is 11.8 Å². The molecule has 1 N–H and O–H groups in total. The van der Waals surface area contributed by atoms with Crippen LogP contribution in [-0.4, -0.2) is 34.9 Å². The molecule has 2 heterocycles. The molecule has 2 unspecified atom stereocenters. The topological polar surface area (TPSA) is 45.2 Å². The maximum atomic E-state index is 11.9. The second-order valence-corrected chi connectivity index (χ2v) is 6.23. The molecule has 2 fully saturated rings. The van der Waals surface area contributed by atoms with Crippen molar-refractivity contribution in [3.8, 4) is 0 Å². The van der Waals surface area contributed by atoms with Gasteiger partial charge in [-0.1, -0.05) is 6.92 Å². The van der Waals surface area contributed by atoms with Crippen LogP contribution in [0.2, 0.25) is 0 Å². The molecule has 1 saturated carbocycles. The van der Waals surface area contributed by atoms with Crippen molar-refractivity contribution < 1.29 is 4.79 Å². The normalized spacial score (nSPS) is 27.2. The van der Waals surface area contributed by atoms with E-state index in [4.69, 9.17) is 0 Å². The molecule has 0 spiro atoms. The molecule has 20 heavy (non-hydrogen) atoms. The number of aromatic nitrogens is 1. The van der Waals surface area contributed by atoms with E-state index in [0.29, 0.717) is 17.9 Å². The predicted octanol–water partition coefficient (Wildman–Crippen LogP) is 1.82. The minimum absolute atomic E-state index is 0.282. The van der Waals surface area contributed by atoms with Crippen LogP contribution >= 0.6 is 0 Å². The second-order valence-electron chi connectivity index (χ2n) is 6.23. The maximum Gasteiger partial charge on any atom is 0.223 e. The zero-order chi connectivity index (χ0) is 13.9. The standard InChI is InChI=1S/C16H23N3O/c1-12-10-15(12)16(20)18-14-4-8-19(9-5-14)11-13-2-6-17-7-3-13/h2-3,6-7,12,14-15H,4-5,8-11H2,1H3,(H,18,20). The summed E-state index contributed by atoms with van der Waals surface area (Å²) in [5.41, 5.74) is 1.31. The van der Waals surface area contributed by atoms with E-state index in [2.05, 4.69) is 34.3 Å². The molecule has 4 heteroatoms. The van der Waals surface area contributed by atoms with Gasteiger partial charge >= 0.3 is 0 Å². The minimum atomic E-state index is 0.282. The summed E-state index contributed by atoms with van der Waals surface area (Å²) in [5, 5.41) is 3.22. The number of pyridine rings is 1. The van der Waals surface area contributed by atoms with Gasteiger partial charge in [0.05, 0.1) is 0 Å². The molecular formula is C16H23N3O. The monoisotopic (exact) mass is 273 g/mol. The number of likely N-dealkylation sites (tertiary alicyclic amines) is 1. The largest absolute Gasteiger partial charge is 0.353 e. The van der Waals surface area contributed by atoms with Gasteiger partial charge in [0, 0.05) is 44.0 Å². The highest BCUT2D eigenvalue weighted by atomic mass is 16.2. The molecule has 1 aromatic rings. The van der Waals surface area contributed by atoms with E-state index in [1.165, 1.54) is 5.56 Å². The quantitative estimate of drug-likeness (QED) is 0.910. The van der Waals surface area contributed by atoms with E-state index in [1.807, 2.05) is 12.4 Å². The Kier molecular flexibility index (Phi) is 4.01. The Hall–Kier alpha value is -1.42. The van der Waals surface area contributed by atoms with E-state index in [0.717, 1.165) is 38.9 Å². The van der Waals surface area contributed by atoms with Crippen molar-refractivity contribution in [2.24, 2.45) is 11.8 Å². The molecule has 0 radical (unpaired) electrons. The average Bonchev–Trinajstić information content (AvgIpc) is 3.19. The highest BCUT2D eigenvalue weighted by Crippen LogP contribution is 2.37. The maximum absolute atomic E-state index is 11.9. The van der Waals surface area contributed by atoms with Crippen LogP contribution in [-0.2, 0) is 11.3 Å². The number of nitrogens with zero attached hydrogens (tertiary/aromatic N) is 2. The summed E-state index contributed by atoms with van der Waals surface area (Å²) in [5.74, 6) is 1.18. The highest BCUT2D eigenvalue weighted by Gasteiger charge is 2.39. The molecule has 1 saturated heterocycles. The minimum Gasteiger partial charge on any atom is -0.353 e. The Labute approximate surface area is 120 Å². The van der Waals surface area contributed by atoms with Gasteiger partial charge < -0.3 is 5.32 Å². The molecule has 1 aromatic heterocycles. The van der Waals surface area contributed by atoms with Gasteiger partial charge in [-0.2, -0.15) is 0 Å². The van der Waals surface area contributed by atoms with Crippen LogP contribution in [0.15, 0.2) is 24.5 Å². The van der Waals surface area contributed by atoms with Gasteiger partial charge in [-0.05, 0) is 42.9 Å². The first-order valence-corrected chi connectivity index (χ1v) is 7.64. The first-order valence-electron chi connectivity index (χ1n) is 7.64. The third-order valence-electron chi connectivity index (χ3n) is 4.54. The number of nitrogens with one attached hydrogen (secondary N) is 1. The Balaban J connectivity index is 1.42. The van der Waals surface area contributed by atoms with Gasteiger partial charge in [0.25, 0.3) is 0 Å². The van der Waals surface area contributed by atoms with E-state index >= 15 is 0 Å². The molecular weight excluding hydrogens is 250 g/mol. The summed E-state index contributed by atoms with van der Waals surface area (Å²) >= 11 is 0. The molecule has 2 atom stereocenters. The zero-order valence-corrected chi connectivity index (χ0v) is 12.1. The molecule has 4 nitrogen and oxygen atoms in total. The van der Waals surface area contributed by atoms with Gasteiger partial charge in [0.1, 0.15) is 0 Å². The number of hydrogen-bond donors (Lipinski definition) is 1. The lowest BCUT2D eigenvalue weighted by molar-refractivity contribution is -0.123. The smallest absolute Gasteiger partial charge is 0.223 e. The lowest BCUT2D eigenvalue weighted by atomic mass is 10.0. The number of carbonyl (C=O) groups is 1. The molecule has 3 rings (SSSR count). The Morgan fingerprint density at radius 2 is 2.00 bits per heavy atom. The number of carbonyl (C=O) groups excluding carboxylic acids is 1. The molecule has 0 aromatic carbocycles. The van der Waals surface area contributed by atoms with Gasteiger partial charge in [-0.15, -0.1) is 0 Å². The predicted molar refractivity (Wildman–Crippen MR) is 77.9 cm³/mol. The molecule has 0 bridgehead atoms. The second kappa shape index (κ2) is 5.92. The molecule has 1 amide bonds. The van der Waals surface area contributed by atoms with Gasteiger partial charge in [-0.3, -0.25) is 14.7 Å². The van der Waals surface area contributed by atoms with Crippen molar-refractivity contribution in [2.75, 3.05) is 13.1 Å². The third-order valence-corrected chi connectivity index (χ3v) is 4.54. The summed E-state index contributed by atoms with van der Waals surface area (Å²) in [7, 11) is 0. The van der Waals surface area contributed by atoms with Crippen molar-refractivity contribution in [3.05, 3.63) is 30.1 Å². The van der Waals surface area contributed by atoms with Gasteiger partial charge in [0.2, 0.25) is 5.91 Å². The summed E-state index contributed by atoms with van der Waals surface area (Å²) in [6.45, 7) is 5.27. The summed E-state index contributed by atoms with van der Waals surface area (Å²) < 4.78 is 0. The van der Waals surface area contributed by atoms with Crippen molar-refractivity contribution in [1.82, 2.24) is 15.2 Å². The highest BCUT2D eigenvalue weighted by molar-refractivity contribution is 5.81. The van der Waals surface area contributed by atoms with E-state index in [9.17, 15) is 4.79 Å². The lowest BCUT2D eigenvalue weighted by Crippen LogP contribution is -2.44. The molecule has 108 valence electrons. The van der Waals surface area contributed by atoms with Crippen LogP contribution in [0.25, 0.3) is 0 Å². The first-order chi connectivity index (χ1) is 9.72. The van der Waals surface area contributed by atoms with E-state index in [1.54, 1.807) is 0 Å². The average molecular weight is 273 g/mol. The number of amides is 1. The van der Waals surface area contributed by atoms with Crippen molar-refractivity contribution >= 4 is 5.91 Å². The number of piperidine rings is 1. The van der Waals surface area contributed by atoms with Crippen LogP contribution < -0.4 is 5.32 Å². The molecule has 2 aliphatic rings. The fourth-order valence-electron chi connectivity index (χ4n) is 2.98. The Bertz CT molecular complexity index is 454. The molecule has 1 aliphatic carbocycles. The first kappa shape index (κ1) is 13.6. The van der Waals surface area contributed by atoms with Crippen LogP contribution in [0.3, 0.4) is 0 Å². The number of hydrogen-bond acceptors (Lipinski definition) is 3. The lowest BCUT2D eigenvalue weighted by Gasteiger charge is -2.32. The summed E-state index contributed by atoms with van der Waals surface area (Å²) in [6.07, 6.45) is 6.90. The fraction of sp³-hybridized carbons (Fsp3) is 0.625. The van der Waals surface area contributed by atoms with Crippen molar-refractivity contribution in [2.45, 2.75) is 38.8 Å². The van der Waals surface area contributed by atoms with E-state index < -0.39 is 0 Å². The zero-order valence-electron chi connectivity index (χ0n) is 12.1. The Morgan fingerprint density at radius 1 is 1.35 bits per heavy atom. The SMILES string of the molecule is CC1CC1C(=O)NC1CCN(Cc2ccncc2)CC1. The van der Waals surface area contributed by atoms with Crippen molar-refractivity contribution in [1.29, 1.82) is 0 Å². The summed E-state index contributed by atoms with van der Waals surface area (Å²) in [6, 6.07) is 4.52. The van der Waals surface area contributed by atoms with Crippen LogP contribution in [0.5, 0.6) is 0 Å².